The number of aromatic nitrogens is 5. The first-order chi connectivity index (χ1) is 12.6. The Kier molecular flexibility index (Phi) is 3.96. The van der Waals surface area contributed by atoms with Crippen LogP contribution in [0.5, 0.6) is 0 Å². The van der Waals surface area contributed by atoms with Crippen LogP contribution < -0.4 is 5.32 Å². The van der Waals surface area contributed by atoms with Crippen LogP contribution in [-0.4, -0.2) is 30.1 Å². The first kappa shape index (κ1) is 16.0. The van der Waals surface area contributed by atoms with E-state index in [1.807, 2.05) is 55.1 Å². The van der Waals surface area contributed by atoms with E-state index in [1.54, 1.807) is 29.1 Å². The Morgan fingerprint density at radius 1 is 1.19 bits per heavy atom. The van der Waals surface area contributed by atoms with Gasteiger partial charge in [-0.05, 0) is 32.0 Å². The van der Waals surface area contributed by atoms with Gasteiger partial charge in [0, 0.05) is 29.8 Å². The average molecular weight is 346 g/mol. The maximum Gasteiger partial charge on any atom is 0.272 e. The zero-order valence-electron chi connectivity index (χ0n) is 14.5. The Morgan fingerprint density at radius 3 is 2.77 bits per heavy atom. The maximum absolute atomic E-state index is 12.5. The number of hydrogen-bond acceptors (Lipinski definition) is 4. The third-order valence-electron chi connectivity index (χ3n) is 4.33. The lowest BCUT2D eigenvalue weighted by molar-refractivity contribution is 0.0935. The summed E-state index contributed by atoms with van der Waals surface area (Å²) in [5.41, 5.74) is 3.27. The van der Waals surface area contributed by atoms with Crippen LogP contribution in [0, 0.1) is 6.92 Å². The van der Waals surface area contributed by atoms with Gasteiger partial charge in [0.2, 0.25) is 5.78 Å². The van der Waals surface area contributed by atoms with Gasteiger partial charge < -0.3 is 5.32 Å². The monoisotopic (exact) mass is 346 g/mol. The lowest BCUT2D eigenvalue weighted by Gasteiger charge is -2.13. The number of nitrogens with one attached hydrogen (secondary N) is 1. The summed E-state index contributed by atoms with van der Waals surface area (Å²) in [6.07, 6.45) is 6.92. The smallest absolute Gasteiger partial charge is 0.272 e. The largest absolute Gasteiger partial charge is 0.344 e. The number of amides is 1. The van der Waals surface area contributed by atoms with Crippen molar-refractivity contribution in [2.24, 2.45) is 0 Å². The SMILES string of the molecule is Cc1c(C(C)NC(=O)c2cn3cccnc3n2)cnn1-c1ccccc1. The first-order valence-electron chi connectivity index (χ1n) is 8.34. The van der Waals surface area contributed by atoms with Gasteiger partial charge in [0.15, 0.2) is 0 Å². The predicted octanol–water partition coefficient (Wildman–Crippen LogP) is 2.71. The second-order valence-electron chi connectivity index (χ2n) is 6.08. The predicted molar refractivity (Wildman–Crippen MR) is 97.2 cm³/mol. The Labute approximate surface area is 150 Å². The van der Waals surface area contributed by atoms with Crippen molar-refractivity contribution < 1.29 is 4.79 Å². The highest BCUT2D eigenvalue weighted by molar-refractivity contribution is 5.93. The highest BCUT2D eigenvalue weighted by Gasteiger charge is 2.18. The Hall–Kier alpha value is -3.48. The summed E-state index contributed by atoms with van der Waals surface area (Å²) >= 11 is 0. The molecule has 0 spiro atoms. The molecule has 0 bridgehead atoms. The summed E-state index contributed by atoms with van der Waals surface area (Å²) in [5, 5.41) is 7.44. The van der Waals surface area contributed by atoms with E-state index < -0.39 is 0 Å². The van der Waals surface area contributed by atoms with Crippen molar-refractivity contribution in [1.29, 1.82) is 0 Å². The molecule has 1 atom stereocenters. The van der Waals surface area contributed by atoms with Crippen LogP contribution >= 0.6 is 0 Å². The van der Waals surface area contributed by atoms with Crippen LogP contribution in [-0.2, 0) is 0 Å². The molecule has 0 fully saturated rings. The summed E-state index contributed by atoms with van der Waals surface area (Å²) < 4.78 is 3.59. The van der Waals surface area contributed by atoms with E-state index in [0.717, 1.165) is 16.9 Å². The third-order valence-corrected chi connectivity index (χ3v) is 4.33. The molecule has 0 saturated heterocycles. The minimum absolute atomic E-state index is 0.197. The molecule has 7 heteroatoms. The number of carbonyl (C=O) groups excluding carboxylic acids is 1. The van der Waals surface area contributed by atoms with Gasteiger partial charge >= 0.3 is 0 Å². The zero-order chi connectivity index (χ0) is 18.1. The lowest BCUT2D eigenvalue weighted by atomic mass is 10.1. The van der Waals surface area contributed by atoms with Crippen molar-refractivity contribution in [3.05, 3.63) is 78.1 Å². The number of rotatable bonds is 4. The fourth-order valence-electron chi connectivity index (χ4n) is 2.96. The summed E-state index contributed by atoms with van der Waals surface area (Å²) in [6, 6.07) is 11.5. The van der Waals surface area contributed by atoms with E-state index in [0.29, 0.717) is 11.5 Å². The molecule has 1 amide bonds. The molecular weight excluding hydrogens is 328 g/mol. The second-order valence-corrected chi connectivity index (χ2v) is 6.08. The van der Waals surface area contributed by atoms with E-state index >= 15 is 0 Å². The highest BCUT2D eigenvalue weighted by Crippen LogP contribution is 2.20. The molecule has 3 heterocycles. The molecule has 1 unspecified atom stereocenters. The summed E-state index contributed by atoms with van der Waals surface area (Å²) in [6.45, 7) is 3.93. The molecule has 0 aliphatic heterocycles. The molecule has 26 heavy (non-hydrogen) atoms. The zero-order valence-corrected chi connectivity index (χ0v) is 14.5. The summed E-state index contributed by atoms with van der Waals surface area (Å²) in [5.74, 6) is 0.258. The fourth-order valence-corrected chi connectivity index (χ4v) is 2.96. The molecule has 4 aromatic rings. The highest BCUT2D eigenvalue weighted by atomic mass is 16.2. The van der Waals surface area contributed by atoms with Crippen molar-refractivity contribution in [2.45, 2.75) is 19.9 Å². The number of para-hydroxylation sites is 1. The van der Waals surface area contributed by atoms with E-state index in [9.17, 15) is 4.79 Å². The molecule has 0 aliphatic rings. The molecule has 130 valence electrons. The number of benzene rings is 1. The van der Waals surface area contributed by atoms with E-state index in [1.165, 1.54) is 0 Å². The minimum Gasteiger partial charge on any atom is -0.344 e. The van der Waals surface area contributed by atoms with Crippen LogP contribution in [0.2, 0.25) is 0 Å². The molecule has 0 saturated carbocycles. The third kappa shape index (κ3) is 2.83. The van der Waals surface area contributed by atoms with Gasteiger partial charge in [-0.1, -0.05) is 18.2 Å². The number of carbonyl (C=O) groups is 1. The summed E-state index contributed by atoms with van der Waals surface area (Å²) in [4.78, 5) is 20.9. The average Bonchev–Trinajstić information content (AvgIpc) is 3.26. The van der Waals surface area contributed by atoms with Gasteiger partial charge in [-0.3, -0.25) is 9.20 Å². The van der Waals surface area contributed by atoms with Crippen molar-refractivity contribution in [2.75, 3.05) is 0 Å². The molecular formula is C19H18N6O. The van der Waals surface area contributed by atoms with Crippen molar-refractivity contribution >= 4 is 11.7 Å². The molecule has 3 aromatic heterocycles. The molecule has 1 aromatic carbocycles. The number of hydrogen-bond donors (Lipinski definition) is 1. The number of fused-ring (bicyclic) bond motifs is 1. The lowest BCUT2D eigenvalue weighted by Crippen LogP contribution is -2.27. The van der Waals surface area contributed by atoms with E-state index in [4.69, 9.17) is 0 Å². The normalized spacial score (nSPS) is 12.2. The van der Waals surface area contributed by atoms with Crippen LogP contribution in [0.4, 0.5) is 0 Å². The van der Waals surface area contributed by atoms with Crippen molar-refractivity contribution in [1.82, 2.24) is 29.5 Å². The van der Waals surface area contributed by atoms with E-state index in [-0.39, 0.29) is 11.9 Å². The second kappa shape index (κ2) is 6.44. The van der Waals surface area contributed by atoms with Gasteiger partial charge in [-0.2, -0.15) is 5.10 Å². The minimum atomic E-state index is -0.241. The molecule has 0 aliphatic carbocycles. The van der Waals surface area contributed by atoms with Gasteiger partial charge in [0.1, 0.15) is 5.69 Å². The Bertz CT molecular complexity index is 1030. The summed E-state index contributed by atoms with van der Waals surface area (Å²) in [7, 11) is 0. The number of nitrogens with zero attached hydrogens (tertiary/aromatic N) is 5. The van der Waals surface area contributed by atoms with Crippen LogP contribution in [0.25, 0.3) is 11.5 Å². The molecule has 4 rings (SSSR count). The van der Waals surface area contributed by atoms with Gasteiger partial charge in [-0.25, -0.2) is 14.6 Å². The molecule has 1 N–H and O–H groups in total. The quantitative estimate of drug-likeness (QED) is 0.616. The first-order valence-corrected chi connectivity index (χ1v) is 8.34. The van der Waals surface area contributed by atoms with E-state index in [2.05, 4.69) is 20.4 Å². The Morgan fingerprint density at radius 2 is 2.00 bits per heavy atom. The Balaban J connectivity index is 1.55. The number of imidazole rings is 1. The van der Waals surface area contributed by atoms with Crippen molar-refractivity contribution in [3.8, 4) is 5.69 Å². The van der Waals surface area contributed by atoms with Crippen molar-refractivity contribution in [3.63, 3.8) is 0 Å². The molecule has 0 radical (unpaired) electrons. The van der Waals surface area contributed by atoms with Crippen LogP contribution in [0.3, 0.4) is 0 Å². The van der Waals surface area contributed by atoms with Gasteiger partial charge in [0.05, 0.1) is 17.9 Å². The van der Waals surface area contributed by atoms with Gasteiger partial charge in [0.25, 0.3) is 5.91 Å². The topological polar surface area (TPSA) is 77.1 Å². The fraction of sp³-hybridized carbons (Fsp3) is 0.158. The standard InChI is InChI=1S/C19H18N6O/c1-13(16-11-21-25(14(16)2)15-7-4-3-5-8-15)22-18(26)17-12-24-10-6-9-20-19(24)23-17/h3-13H,1-2H3,(H,22,26). The van der Waals surface area contributed by atoms with Gasteiger partial charge in [-0.15, -0.1) is 0 Å². The van der Waals surface area contributed by atoms with Crippen LogP contribution in [0.1, 0.15) is 34.7 Å². The van der Waals surface area contributed by atoms with Crippen LogP contribution in [0.15, 0.2) is 61.2 Å². The maximum atomic E-state index is 12.5. The molecule has 7 nitrogen and oxygen atoms in total.